The first kappa shape index (κ1) is 18.2. The summed E-state index contributed by atoms with van der Waals surface area (Å²) >= 11 is 0. The number of amides is 2. The predicted molar refractivity (Wildman–Crippen MR) is 99.3 cm³/mol. The molecule has 0 unspecified atom stereocenters. The molecule has 0 aliphatic rings. The first-order valence-corrected chi connectivity index (χ1v) is 8.45. The highest BCUT2D eigenvalue weighted by atomic mass is 16.5. The van der Waals surface area contributed by atoms with Gasteiger partial charge in [0.1, 0.15) is 18.2 Å². The van der Waals surface area contributed by atoms with Gasteiger partial charge in [0.15, 0.2) is 5.76 Å². The van der Waals surface area contributed by atoms with Crippen molar-refractivity contribution >= 4 is 17.6 Å². The highest BCUT2D eigenvalue weighted by Gasteiger charge is 2.16. The number of furan rings is 1. The number of para-hydroxylation sites is 1. The van der Waals surface area contributed by atoms with Crippen LogP contribution >= 0.6 is 0 Å². The molecule has 2 heterocycles. The second kappa shape index (κ2) is 9.19. The largest absolute Gasteiger partial charge is 0.489 e. The average Bonchev–Trinajstić information content (AvgIpc) is 3.16. The lowest BCUT2D eigenvalue weighted by molar-refractivity contribution is -0.116. The van der Waals surface area contributed by atoms with Crippen molar-refractivity contribution in [2.24, 2.45) is 0 Å². The van der Waals surface area contributed by atoms with E-state index in [0.29, 0.717) is 17.1 Å². The molecule has 0 atom stereocenters. The van der Waals surface area contributed by atoms with Crippen molar-refractivity contribution < 1.29 is 18.7 Å². The molecule has 1 aromatic carbocycles. The van der Waals surface area contributed by atoms with E-state index in [1.54, 1.807) is 30.5 Å². The lowest BCUT2D eigenvalue weighted by Crippen LogP contribution is -2.28. The summed E-state index contributed by atoms with van der Waals surface area (Å²) in [6.45, 7) is 0.389. The van der Waals surface area contributed by atoms with Crippen molar-refractivity contribution in [3.63, 3.8) is 0 Å². The van der Waals surface area contributed by atoms with Gasteiger partial charge in [-0.15, -0.1) is 0 Å². The fourth-order valence-electron chi connectivity index (χ4n) is 2.34. The van der Waals surface area contributed by atoms with E-state index in [1.165, 1.54) is 6.26 Å². The van der Waals surface area contributed by atoms with Gasteiger partial charge in [-0.3, -0.25) is 9.59 Å². The Labute approximate surface area is 156 Å². The first-order chi connectivity index (χ1) is 13.2. The van der Waals surface area contributed by atoms with E-state index in [-0.39, 0.29) is 31.2 Å². The Morgan fingerprint density at radius 1 is 1.04 bits per heavy atom. The molecule has 2 amide bonds. The topological polar surface area (TPSA) is 93.5 Å². The number of carbonyl (C=O) groups excluding carboxylic acids is 2. The Bertz CT molecular complexity index is 879. The summed E-state index contributed by atoms with van der Waals surface area (Å²) in [5.74, 6) is 0.728. The first-order valence-electron chi connectivity index (χ1n) is 8.45. The van der Waals surface area contributed by atoms with Crippen LogP contribution in [0.25, 0.3) is 0 Å². The number of pyridine rings is 1. The smallest absolute Gasteiger partial charge is 0.287 e. The van der Waals surface area contributed by atoms with E-state index in [4.69, 9.17) is 9.15 Å². The molecular weight excluding hydrogens is 346 g/mol. The van der Waals surface area contributed by atoms with Crippen molar-refractivity contribution in [3.05, 3.63) is 78.4 Å². The third-order valence-electron chi connectivity index (χ3n) is 3.66. The Morgan fingerprint density at radius 2 is 1.85 bits per heavy atom. The maximum Gasteiger partial charge on any atom is 0.287 e. The van der Waals surface area contributed by atoms with Crippen LogP contribution in [-0.4, -0.2) is 23.3 Å². The Hall–Kier alpha value is -3.61. The van der Waals surface area contributed by atoms with Crippen LogP contribution in [0.1, 0.15) is 22.5 Å². The molecule has 7 heteroatoms. The number of hydrogen-bond donors (Lipinski definition) is 2. The summed E-state index contributed by atoms with van der Waals surface area (Å²) in [6.07, 6.45) is 3.15. The number of anilines is 1. The van der Waals surface area contributed by atoms with Crippen LogP contribution in [0.4, 0.5) is 5.82 Å². The van der Waals surface area contributed by atoms with E-state index in [2.05, 4.69) is 15.6 Å². The minimum atomic E-state index is -0.391. The quantitative estimate of drug-likeness (QED) is 0.640. The molecule has 0 aliphatic heterocycles. The van der Waals surface area contributed by atoms with Crippen LogP contribution in [0.2, 0.25) is 0 Å². The summed E-state index contributed by atoms with van der Waals surface area (Å²) < 4.78 is 10.9. The third-order valence-corrected chi connectivity index (χ3v) is 3.66. The van der Waals surface area contributed by atoms with Crippen molar-refractivity contribution in [2.45, 2.75) is 13.0 Å². The van der Waals surface area contributed by atoms with Crippen molar-refractivity contribution in [2.75, 3.05) is 11.9 Å². The van der Waals surface area contributed by atoms with Crippen LogP contribution < -0.4 is 15.4 Å². The van der Waals surface area contributed by atoms with Gasteiger partial charge in [-0.1, -0.05) is 24.3 Å². The van der Waals surface area contributed by atoms with Gasteiger partial charge in [0.2, 0.25) is 5.91 Å². The zero-order valence-corrected chi connectivity index (χ0v) is 14.6. The Morgan fingerprint density at radius 3 is 2.63 bits per heavy atom. The molecule has 2 N–H and O–H groups in total. The number of carbonyl (C=O) groups is 2. The van der Waals surface area contributed by atoms with Gasteiger partial charge >= 0.3 is 0 Å². The molecular formula is C20H19N3O4. The molecule has 0 fully saturated rings. The minimum Gasteiger partial charge on any atom is -0.489 e. The number of hydrogen-bond acceptors (Lipinski definition) is 5. The van der Waals surface area contributed by atoms with Crippen molar-refractivity contribution in [3.8, 4) is 5.75 Å². The van der Waals surface area contributed by atoms with Crippen LogP contribution in [0.15, 0.2) is 71.5 Å². The second-order valence-electron chi connectivity index (χ2n) is 5.65. The summed E-state index contributed by atoms with van der Waals surface area (Å²) in [7, 11) is 0. The molecule has 2 aromatic heterocycles. The molecule has 138 valence electrons. The summed E-state index contributed by atoms with van der Waals surface area (Å²) in [5.41, 5.74) is 0.634. The SMILES string of the molecule is O=C(CCNC(=O)c1occc1COc1ccccc1)Nc1ccccn1. The number of ether oxygens (including phenoxy) is 1. The highest BCUT2D eigenvalue weighted by molar-refractivity contribution is 5.94. The maximum atomic E-state index is 12.3. The molecule has 27 heavy (non-hydrogen) atoms. The lowest BCUT2D eigenvalue weighted by Gasteiger charge is -2.07. The number of rotatable bonds is 8. The molecule has 3 aromatic rings. The fourth-order valence-corrected chi connectivity index (χ4v) is 2.34. The van der Waals surface area contributed by atoms with E-state index >= 15 is 0 Å². The zero-order chi connectivity index (χ0) is 18.9. The van der Waals surface area contributed by atoms with Crippen molar-refractivity contribution in [1.29, 1.82) is 0 Å². The predicted octanol–water partition coefficient (Wildman–Crippen LogP) is 3.01. The number of nitrogens with zero attached hydrogens (tertiary/aromatic N) is 1. The maximum absolute atomic E-state index is 12.3. The number of nitrogens with one attached hydrogen (secondary N) is 2. The average molecular weight is 365 g/mol. The van der Waals surface area contributed by atoms with Gasteiger partial charge < -0.3 is 19.8 Å². The molecule has 0 spiro atoms. The van der Waals surface area contributed by atoms with Gasteiger partial charge in [0.05, 0.1) is 6.26 Å². The third kappa shape index (κ3) is 5.43. The van der Waals surface area contributed by atoms with Gasteiger partial charge in [-0.05, 0) is 30.3 Å². The number of aromatic nitrogens is 1. The normalized spacial score (nSPS) is 10.2. The minimum absolute atomic E-state index is 0.124. The second-order valence-corrected chi connectivity index (χ2v) is 5.65. The molecule has 0 saturated carbocycles. The lowest BCUT2D eigenvalue weighted by atomic mass is 10.2. The Balaban J connectivity index is 1.46. The van der Waals surface area contributed by atoms with Gasteiger partial charge in [0.25, 0.3) is 5.91 Å². The Kier molecular flexibility index (Phi) is 6.19. The standard InChI is InChI=1S/C20H19N3O4/c24-18(23-17-8-4-5-11-21-17)9-12-22-20(25)19-15(10-13-26-19)14-27-16-6-2-1-3-7-16/h1-8,10-11,13H,9,12,14H2,(H,22,25)(H,21,23,24). The van der Waals surface area contributed by atoms with Gasteiger partial charge in [-0.25, -0.2) is 4.98 Å². The van der Waals surface area contributed by atoms with E-state index in [1.807, 2.05) is 30.3 Å². The number of benzene rings is 1. The van der Waals surface area contributed by atoms with Crippen LogP contribution in [0.3, 0.4) is 0 Å². The highest BCUT2D eigenvalue weighted by Crippen LogP contribution is 2.15. The summed E-state index contributed by atoms with van der Waals surface area (Å²) in [4.78, 5) is 28.1. The molecule has 7 nitrogen and oxygen atoms in total. The van der Waals surface area contributed by atoms with Crippen LogP contribution in [-0.2, 0) is 11.4 Å². The van der Waals surface area contributed by atoms with Gasteiger partial charge in [0, 0.05) is 24.7 Å². The summed E-state index contributed by atoms with van der Waals surface area (Å²) in [6, 6.07) is 16.2. The monoisotopic (exact) mass is 365 g/mol. The van der Waals surface area contributed by atoms with E-state index < -0.39 is 5.91 Å². The molecule has 0 radical (unpaired) electrons. The molecule has 0 bridgehead atoms. The van der Waals surface area contributed by atoms with Crippen LogP contribution in [0, 0.1) is 0 Å². The summed E-state index contributed by atoms with van der Waals surface area (Å²) in [5, 5.41) is 5.33. The fraction of sp³-hybridized carbons (Fsp3) is 0.150. The van der Waals surface area contributed by atoms with E-state index in [9.17, 15) is 9.59 Å². The van der Waals surface area contributed by atoms with Crippen molar-refractivity contribution in [1.82, 2.24) is 10.3 Å². The zero-order valence-electron chi connectivity index (χ0n) is 14.6. The van der Waals surface area contributed by atoms with Gasteiger partial charge in [-0.2, -0.15) is 0 Å². The molecule has 0 saturated heterocycles. The molecule has 3 rings (SSSR count). The van der Waals surface area contributed by atoms with Crippen LogP contribution in [0.5, 0.6) is 5.75 Å². The molecule has 0 aliphatic carbocycles. The van der Waals surface area contributed by atoms with E-state index in [0.717, 1.165) is 0 Å².